The monoisotopic (exact) mass is 565 g/mol. The van der Waals surface area contributed by atoms with Crippen LogP contribution >= 0.6 is 23.1 Å². The molecule has 0 aliphatic carbocycles. The maximum absolute atomic E-state index is 13.3. The van der Waals surface area contributed by atoms with E-state index in [0.717, 1.165) is 40.9 Å². The summed E-state index contributed by atoms with van der Waals surface area (Å²) < 4.78 is 11.6. The van der Waals surface area contributed by atoms with Gasteiger partial charge >= 0.3 is 16.6 Å². The van der Waals surface area contributed by atoms with Crippen molar-refractivity contribution in [3.8, 4) is 5.69 Å². The van der Waals surface area contributed by atoms with E-state index in [0.29, 0.717) is 29.2 Å². The van der Waals surface area contributed by atoms with Crippen LogP contribution < -0.4 is 15.6 Å². The molecule has 11 heteroatoms. The fraction of sp³-hybridized carbons (Fsp3) is 0.286. The molecule has 0 bridgehead atoms. The molecular weight excluding hydrogens is 536 g/mol. The first-order valence-electron chi connectivity index (χ1n) is 12.5. The van der Waals surface area contributed by atoms with Gasteiger partial charge in [-0.2, -0.15) is 0 Å². The van der Waals surface area contributed by atoms with E-state index < -0.39 is 16.8 Å². The number of hydrogen-bond donors (Lipinski definition) is 2. The molecule has 0 saturated heterocycles. The zero-order chi connectivity index (χ0) is 27.5. The van der Waals surface area contributed by atoms with Gasteiger partial charge in [-0.05, 0) is 53.1 Å². The van der Waals surface area contributed by atoms with Gasteiger partial charge in [0.1, 0.15) is 5.00 Å². The van der Waals surface area contributed by atoms with Crippen molar-refractivity contribution in [3.63, 3.8) is 0 Å². The zero-order valence-electron chi connectivity index (χ0n) is 21.9. The number of thioether (sulfide) groups is 1. The number of aromatic amines is 1. The Balaban J connectivity index is 1.34. The number of ether oxygens (including phenoxy) is 1. The van der Waals surface area contributed by atoms with Crippen molar-refractivity contribution in [2.45, 2.75) is 43.6 Å². The fourth-order valence-electron chi connectivity index (χ4n) is 4.50. The number of rotatable bonds is 8. The largest absolute Gasteiger partial charge is 0.465 e. The van der Waals surface area contributed by atoms with Gasteiger partial charge in [0, 0.05) is 36.6 Å². The van der Waals surface area contributed by atoms with Crippen LogP contribution in [0.2, 0.25) is 0 Å². The highest BCUT2D eigenvalue weighted by Gasteiger charge is 2.32. The van der Waals surface area contributed by atoms with Crippen molar-refractivity contribution in [3.05, 3.63) is 92.1 Å². The number of carbonyl (C=O) groups excluding carboxylic acids is 2. The number of nitrogens with one attached hydrogen (secondary N) is 2. The highest BCUT2D eigenvalue weighted by atomic mass is 32.2. The van der Waals surface area contributed by atoms with Crippen LogP contribution in [-0.2, 0) is 29.0 Å². The molecule has 5 rings (SSSR count). The molecule has 1 atom stereocenters. The minimum absolute atomic E-state index is 0.247. The number of anilines is 1. The number of aromatic nitrogens is 2. The number of benzene rings is 2. The SMILES string of the molecule is COC(=O)c1c(NC(=O)C(C)Sc2c(=O)o[nH][n+]2-c2ccc(C)cc2)sc2c1CCN(Cc1ccccc1)C2. The Kier molecular flexibility index (Phi) is 8.01. The summed E-state index contributed by atoms with van der Waals surface area (Å²) in [4.78, 5) is 41.9. The molecule has 9 nitrogen and oxygen atoms in total. The first kappa shape index (κ1) is 26.9. The van der Waals surface area contributed by atoms with Crippen molar-refractivity contribution in [1.82, 2.24) is 10.2 Å². The molecule has 1 amide bonds. The van der Waals surface area contributed by atoms with Crippen LogP contribution in [0.5, 0.6) is 0 Å². The smallest absolute Gasteiger partial charge is 0.442 e. The van der Waals surface area contributed by atoms with E-state index in [4.69, 9.17) is 9.26 Å². The molecule has 0 spiro atoms. The van der Waals surface area contributed by atoms with Crippen LogP contribution in [0.1, 0.15) is 38.8 Å². The lowest BCUT2D eigenvalue weighted by Gasteiger charge is -2.27. The quantitative estimate of drug-likeness (QED) is 0.188. The normalized spacial score (nSPS) is 14.0. The maximum atomic E-state index is 13.3. The van der Waals surface area contributed by atoms with Crippen LogP contribution in [0.15, 0.2) is 68.9 Å². The van der Waals surface area contributed by atoms with Crippen LogP contribution in [0.25, 0.3) is 5.69 Å². The Morgan fingerprint density at radius 2 is 1.95 bits per heavy atom. The van der Waals surface area contributed by atoms with Gasteiger partial charge in [0.15, 0.2) is 0 Å². The molecule has 0 saturated carbocycles. The zero-order valence-corrected chi connectivity index (χ0v) is 23.5. The summed E-state index contributed by atoms with van der Waals surface area (Å²) in [7, 11) is 1.34. The Bertz CT molecular complexity index is 1540. The van der Waals surface area contributed by atoms with Gasteiger partial charge in [-0.1, -0.05) is 48.0 Å². The number of methoxy groups -OCH3 is 1. The lowest BCUT2D eigenvalue weighted by Crippen LogP contribution is -2.37. The van der Waals surface area contributed by atoms with Gasteiger partial charge in [-0.15, -0.1) is 11.3 Å². The molecule has 2 aromatic carbocycles. The molecule has 4 aromatic rings. The van der Waals surface area contributed by atoms with E-state index in [9.17, 15) is 14.4 Å². The summed E-state index contributed by atoms with van der Waals surface area (Å²) in [5, 5.41) is 5.60. The second-order valence-electron chi connectivity index (χ2n) is 9.35. The van der Waals surface area contributed by atoms with Gasteiger partial charge in [-0.25, -0.2) is 9.59 Å². The third-order valence-electron chi connectivity index (χ3n) is 6.57. The van der Waals surface area contributed by atoms with Crippen LogP contribution in [0, 0.1) is 6.92 Å². The number of aryl methyl sites for hydroxylation is 1. The summed E-state index contributed by atoms with van der Waals surface area (Å²) >= 11 is 2.48. The van der Waals surface area contributed by atoms with Crippen molar-refractivity contribution < 1.29 is 23.5 Å². The molecule has 39 heavy (non-hydrogen) atoms. The molecule has 0 fully saturated rings. The number of hydrogen-bond acceptors (Lipinski definition) is 8. The number of H-pyrrole nitrogens is 1. The number of thiophene rings is 1. The summed E-state index contributed by atoms with van der Waals surface area (Å²) in [5.41, 5.74) is 3.78. The van der Waals surface area contributed by atoms with Crippen molar-refractivity contribution >= 4 is 40.0 Å². The summed E-state index contributed by atoms with van der Waals surface area (Å²) in [6, 6.07) is 17.8. The predicted molar refractivity (Wildman–Crippen MR) is 149 cm³/mol. The molecule has 0 radical (unpaired) electrons. The third-order valence-corrected chi connectivity index (χ3v) is 8.84. The second-order valence-corrected chi connectivity index (χ2v) is 11.8. The Morgan fingerprint density at radius 1 is 1.21 bits per heavy atom. The van der Waals surface area contributed by atoms with Crippen LogP contribution in [0.4, 0.5) is 5.00 Å². The minimum atomic E-state index is -0.653. The molecule has 2 aromatic heterocycles. The summed E-state index contributed by atoms with van der Waals surface area (Å²) in [5.74, 6) is -0.802. The van der Waals surface area contributed by atoms with E-state index in [-0.39, 0.29) is 10.9 Å². The van der Waals surface area contributed by atoms with E-state index in [2.05, 4.69) is 27.6 Å². The highest BCUT2D eigenvalue weighted by Crippen LogP contribution is 2.38. The number of carbonyl (C=O) groups is 2. The van der Waals surface area contributed by atoms with Crippen molar-refractivity contribution in [1.29, 1.82) is 0 Å². The number of amides is 1. The lowest BCUT2D eigenvalue weighted by molar-refractivity contribution is -0.704. The van der Waals surface area contributed by atoms with Gasteiger partial charge in [0.05, 0.1) is 17.9 Å². The van der Waals surface area contributed by atoms with Gasteiger partial charge in [-0.3, -0.25) is 14.2 Å². The topological polar surface area (TPSA) is 109 Å². The van der Waals surface area contributed by atoms with E-state index in [1.54, 1.807) is 6.92 Å². The van der Waals surface area contributed by atoms with E-state index in [1.807, 2.05) is 49.4 Å². The number of fused-ring (bicyclic) bond motifs is 1. The molecule has 3 heterocycles. The summed E-state index contributed by atoms with van der Waals surface area (Å²) in [6.07, 6.45) is 0.685. The number of nitrogens with zero attached hydrogens (tertiary/aromatic N) is 2. The molecular formula is C28H29N4O5S2+. The molecule has 1 aliphatic heterocycles. The van der Waals surface area contributed by atoms with Crippen molar-refractivity contribution in [2.75, 3.05) is 19.0 Å². The fourth-order valence-corrected chi connectivity index (χ4v) is 6.67. The van der Waals surface area contributed by atoms with Crippen LogP contribution in [0.3, 0.4) is 0 Å². The first-order valence-corrected chi connectivity index (χ1v) is 14.2. The average molecular weight is 566 g/mol. The third kappa shape index (κ3) is 5.85. The van der Waals surface area contributed by atoms with Crippen molar-refractivity contribution in [2.24, 2.45) is 0 Å². The second kappa shape index (κ2) is 11.6. The molecule has 202 valence electrons. The molecule has 2 N–H and O–H groups in total. The number of esters is 1. The van der Waals surface area contributed by atoms with Gasteiger partial charge in [0.2, 0.25) is 11.6 Å². The molecule has 1 unspecified atom stereocenters. The highest BCUT2D eigenvalue weighted by molar-refractivity contribution is 8.00. The van der Waals surface area contributed by atoms with Gasteiger partial charge < -0.3 is 10.1 Å². The summed E-state index contributed by atoms with van der Waals surface area (Å²) in [6.45, 7) is 5.96. The van der Waals surface area contributed by atoms with Gasteiger partial charge in [0.25, 0.3) is 0 Å². The van der Waals surface area contributed by atoms with E-state index >= 15 is 0 Å². The van der Waals surface area contributed by atoms with E-state index in [1.165, 1.54) is 28.7 Å². The minimum Gasteiger partial charge on any atom is -0.465 e. The maximum Gasteiger partial charge on any atom is 0.442 e. The predicted octanol–water partition coefficient (Wildman–Crippen LogP) is 4.08. The Labute approximate surface area is 233 Å². The Hall–Kier alpha value is -3.67. The van der Waals surface area contributed by atoms with Crippen LogP contribution in [-0.4, -0.2) is 41.0 Å². The molecule has 1 aliphatic rings. The average Bonchev–Trinajstić information content (AvgIpc) is 3.48. The Morgan fingerprint density at radius 3 is 2.67 bits per heavy atom. The lowest BCUT2D eigenvalue weighted by atomic mass is 10.0. The standard InChI is InChI=1S/C28H28N4O5S2/c1-17-9-11-20(12-10-17)32-26(28(35)37-30-32)38-18(2)24(33)29-25-23(27(34)36-3)21-13-14-31(16-22(21)39-25)15-19-7-5-4-6-8-19/h4-12,18H,13-16H2,1-3H3,(H-,29,30,33,34,35)/p+1. The first-order chi connectivity index (χ1) is 18.8.